The molecule has 3 nitrogen and oxygen atoms in total. The summed E-state index contributed by atoms with van der Waals surface area (Å²) in [6.45, 7) is 8.05. The Morgan fingerprint density at radius 1 is 0.885 bits per heavy atom. The first-order chi connectivity index (χ1) is 12.6. The minimum atomic E-state index is 0.797. The van der Waals surface area contributed by atoms with Gasteiger partial charge in [-0.2, -0.15) is 0 Å². The lowest BCUT2D eigenvalue weighted by Crippen LogP contribution is -2.45. The Morgan fingerprint density at radius 2 is 1.50 bits per heavy atom. The molecule has 0 bridgehead atoms. The highest BCUT2D eigenvalue weighted by Gasteiger charge is 2.19. The lowest BCUT2D eigenvalue weighted by Gasteiger charge is -2.31. The van der Waals surface area contributed by atoms with Crippen molar-refractivity contribution in [3.05, 3.63) is 60.2 Å². The maximum Gasteiger partial charge on any atom is 0.0896 e. The summed E-state index contributed by atoms with van der Waals surface area (Å²) in [6.07, 6.45) is 0.797. The van der Waals surface area contributed by atoms with Gasteiger partial charge in [-0.05, 0) is 31.5 Å². The van der Waals surface area contributed by atoms with Gasteiger partial charge in [-0.15, -0.1) is 11.8 Å². The van der Waals surface area contributed by atoms with Crippen LogP contribution in [-0.2, 0) is 0 Å². The van der Waals surface area contributed by atoms with E-state index in [9.17, 15) is 0 Å². The summed E-state index contributed by atoms with van der Waals surface area (Å²) in [5.74, 6) is 1.08. The van der Waals surface area contributed by atoms with Gasteiger partial charge in [0.25, 0.3) is 0 Å². The summed E-state index contributed by atoms with van der Waals surface area (Å²) in [4.78, 5) is 9.88. The number of thioether (sulfide) groups is 1. The van der Waals surface area contributed by atoms with Crippen LogP contribution in [0, 0.1) is 0 Å². The summed E-state index contributed by atoms with van der Waals surface area (Å²) >= 11 is 1.88. The summed E-state index contributed by atoms with van der Waals surface area (Å²) in [5.41, 5.74) is 4.22. The van der Waals surface area contributed by atoms with Crippen molar-refractivity contribution in [2.24, 2.45) is 9.98 Å². The smallest absolute Gasteiger partial charge is 0.0896 e. The van der Waals surface area contributed by atoms with Gasteiger partial charge in [0.1, 0.15) is 0 Å². The Labute approximate surface area is 161 Å². The monoisotopic (exact) mass is 366 g/mol. The molecular weight excluding hydrogens is 338 g/mol. The number of benzene rings is 2. The molecule has 1 aliphatic rings. The Morgan fingerprint density at radius 3 is 2.15 bits per heavy atom. The molecule has 0 saturated carbocycles. The molecule has 2 aromatic carbocycles. The highest BCUT2D eigenvalue weighted by atomic mass is 32.2. The second-order valence-corrected chi connectivity index (χ2v) is 8.09. The van der Waals surface area contributed by atoms with Crippen molar-refractivity contribution in [2.45, 2.75) is 20.3 Å². The molecule has 4 heteroatoms. The number of nitrogens with zero attached hydrogens (tertiary/aromatic N) is 3. The van der Waals surface area contributed by atoms with Crippen molar-refractivity contribution < 1.29 is 4.48 Å². The van der Waals surface area contributed by atoms with Gasteiger partial charge in [-0.3, -0.25) is 4.99 Å². The number of rotatable bonds is 6. The first kappa shape index (κ1) is 18.9. The molecule has 0 fully saturated rings. The van der Waals surface area contributed by atoms with Gasteiger partial charge in [0.05, 0.1) is 48.8 Å². The first-order valence-corrected chi connectivity index (χ1v) is 10.4. The third-order valence-electron chi connectivity index (χ3n) is 5.23. The lowest BCUT2D eigenvalue weighted by atomic mass is 10.1. The van der Waals surface area contributed by atoms with Crippen molar-refractivity contribution in [2.75, 3.05) is 32.4 Å². The van der Waals surface area contributed by atoms with Crippen LogP contribution in [0.25, 0.3) is 0 Å². The van der Waals surface area contributed by atoms with Crippen LogP contribution in [0.2, 0.25) is 0 Å². The van der Waals surface area contributed by atoms with E-state index in [0.717, 1.165) is 45.3 Å². The Hall–Kier alpha value is -1.91. The number of hydrogen-bond donors (Lipinski definition) is 0. The molecule has 3 rings (SSSR count). The summed E-state index contributed by atoms with van der Waals surface area (Å²) in [6, 6.07) is 18.7. The molecule has 26 heavy (non-hydrogen) atoms. The molecule has 136 valence electrons. The number of para-hydroxylation sites is 2. The minimum absolute atomic E-state index is 0.797. The van der Waals surface area contributed by atoms with Crippen LogP contribution >= 0.6 is 11.8 Å². The standard InChI is InChI=1S/C22H28N3S/c1-4-25(3,5-2)15-16-26-22-17-21(18-11-7-6-8-12-18)23-19-13-9-10-14-20(19)24-22/h6-14H,4-5,15-17H2,1-3H3/q+1. The molecule has 0 aliphatic carbocycles. The third-order valence-corrected chi connectivity index (χ3v) is 6.19. The molecule has 2 aromatic rings. The van der Waals surface area contributed by atoms with E-state index in [0.29, 0.717) is 0 Å². The van der Waals surface area contributed by atoms with Crippen molar-refractivity contribution in [1.29, 1.82) is 0 Å². The molecular formula is C22H28N3S+. The predicted molar refractivity (Wildman–Crippen MR) is 115 cm³/mol. The third kappa shape index (κ3) is 4.63. The highest BCUT2D eigenvalue weighted by molar-refractivity contribution is 8.14. The van der Waals surface area contributed by atoms with E-state index in [1.165, 1.54) is 18.7 Å². The van der Waals surface area contributed by atoms with Gasteiger partial charge in [-0.1, -0.05) is 42.5 Å². The zero-order chi connectivity index (χ0) is 18.4. The van der Waals surface area contributed by atoms with Gasteiger partial charge in [0.2, 0.25) is 0 Å². The number of hydrogen-bond acceptors (Lipinski definition) is 3. The van der Waals surface area contributed by atoms with Crippen molar-refractivity contribution >= 4 is 33.9 Å². The van der Waals surface area contributed by atoms with Crippen LogP contribution in [0.1, 0.15) is 25.8 Å². The van der Waals surface area contributed by atoms with Crippen LogP contribution in [0.15, 0.2) is 64.6 Å². The minimum Gasteiger partial charge on any atom is -0.326 e. The SMILES string of the molecule is CC[N+](C)(CC)CCSC1=Nc2ccccc2N=C(c2ccccc2)C1. The largest absolute Gasteiger partial charge is 0.326 e. The molecule has 1 heterocycles. The van der Waals surface area contributed by atoms with Gasteiger partial charge >= 0.3 is 0 Å². The van der Waals surface area contributed by atoms with Crippen LogP contribution in [0.4, 0.5) is 11.4 Å². The highest BCUT2D eigenvalue weighted by Crippen LogP contribution is 2.33. The summed E-state index contributed by atoms with van der Waals surface area (Å²) in [5, 5.41) is 1.16. The van der Waals surface area contributed by atoms with Crippen molar-refractivity contribution in [3.63, 3.8) is 0 Å². The van der Waals surface area contributed by atoms with Gasteiger partial charge in [-0.25, -0.2) is 4.99 Å². The number of quaternary nitrogens is 1. The molecule has 0 saturated heterocycles. The Balaban J connectivity index is 1.82. The van der Waals surface area contributed by atoms with E-state index in [-0.39, 0.29) is 0 Å². The topological polar surface area (TPSA) is 24.7 Å². The first-order valence-electron chi connectivity index (χ1n) is 9.39. The Bertz CT molecular complexity index is 792. The summed E-state index contributed by atoms with van der Waals surface area (Å²) in [7, 11) is 2.33. The fraction of sp³-hybridized carbons (Fsp3) is 0.364. The second kappa shape index (κ2) is 8.65. The number of aliphatic imine (C=N–C) groups is 2. The normalized spacial score (nSPS) is 14.3. The molecule has 0 unspecified atom stereocenters. The predicted octanol–water partition coefficient (Wildman–Crippen LogP) is 5.46. The number of fused-ring (bicyclic) bond motifs is 1. The van der Waals surface area contributed by atoms with Gasteiger partial charge < -0.3 is 4.48 Å². The molecule has 0 atom stereocenters. The van der Waals surface area contributed by atoms with Crippen LogP contribution in [0.5, 0.6) is 0 Å². The van der Waals surface area contributed by atoms with E-state index in [2.05, 4.69) is 57.3 Å². The van der Waals surface area contributed by atoms with Gasteiger partial charge in [0, 0.05) is 12.2 Å². The maximum atomic E-state index is 4.94. The summed E-state index contributed by atoms with van der Waals surface area (Å²) < 4.78 is 1.11. The fourth-order valence-electron chi connectivity index (χ4n) is 2.96. The van der Waals surface area contributed by atoms with E-state index in [1.807, 2.05) is 30.0 Å². The quantitative estimate of drug-likeness (QED) is 0.623. The van der Waals surface area contributed by atoms with Gasteiger partial charge in [0.15, 0.2) is 0 Å². The maximum absolute atomic E-state index is 4.94. The van der Waals surface area contributed by atoms with Crippen LogP contribution in [-0.4, -0.2) is 47.7 Å². The van der Waals surface area contributed by atoms with Crippen molar-refractivity contribution in [1.82, 2.24) is 0 Å². The Kier molecular flexibility index (Phi) is 6.28. The zero-order valence-corrected chi connectivity index (χ0v) is 16.8. The zero-order valence-electron chi connectivity index (χ0n) is 16.0. The molecule has 0 amide bonds. The van der Waals surface area contributed by atoms with Crippen LogP contribution < -0.4 is 0 Å². The molecule has 0 spiro atoms. The second-order valence-electron chi connectivity index (χ2n) is 6.92. The van der Waals surface area contributed by atoms with Crippen LogP contribution in [0.3, 0.4) is 0 Å². The molecule has 1 aliphatic heterocycles. The van der Waals surface area contributed by atoms with Crippen molar-refractivity contribution in [3.8, 4) is 0 Å². The fourth-order valence-corrected chi connectivity index (χ4v) is 4.13. The molecule has 0 N–H and O–H groups in total. The van der Waals surface area contributed by atoms with E-state index in [4.69, 9.17) is 9.98 Å². The average Bonchev–Trinajstić information content (AvgIpc) is 2.87. The van der Waals surface area contributed by atoms with E-state index < -0.39 is 0 Å². The average molecular weight is 367 g/mol. The molecule has 0 radical (unpaired) electrons. The van der Waals surface area contributed by atoms with E-state index >= 15 is 0 Å². The van der Waals surface area contributed by atoms with E-state index in [1.54, 1.807) is 0 Å². The lowest BCUT2D eigenvalue weighted by molar-refractivity contribution is -0.903. The molecule has 0 aromatic heterocycles.